The largest absolute Gasteiger partial charge is 0.493 e. The molecule has 5 rings (SSSR count). The molecule has 9 nitrogen and oxygen atoms in total. The third kappa shape index (κ3) is 6.09. The van der Waals surface area contributed by atoms with E-state index in [9.17, 15) is 9.59 Å². The first-order valence-corrected chi connectivity index (χ1v) is 13.7. The Morgan fingerprint density at radius 2 is 1.68 bits per heavy atom. The summed E-state index contributed by atoms with van der Waals surface area (Å²) in [6.07, 6.45) is 5.20. The van der Waals surface area contributed by atoms with Gasteiger partial charge in [0.15, 0.2) is 11.5 Å². The highest BCUT2D eigenvalue weighted by Crippen LogP contribution is 2.33. The highest BCUT2D eigenvalue weighted by atomic mass is 16.5. The molecule has 0 saturated heterocycles. The van der Waals surface area contributed by atoms with Crippen LogP contribution < -0.4 is 14.8 Å². The number of carbonyl (C=O) groups is 2. The predicted molar refractivity (Wildman–Crippen MR) is 152 cm³/mol. The number of nitrogens with one attached hydrogen (secondary N) is 1. The third-order valence-corrected chi connectivity index (χ3v) is 7.46. The topological polar surface area (TPSA) is 98.6 Å². The lowest BCUT2D eigenvalue weighted by Crippen LogP contribution is -2.47. The standard InChI is InChI=1S/C31H35N5O4/c1-39-27-18-17-23(19-28(27)40-2)30(31(38)32-24-13-7-4-8-14-24)35(20-22-11-5-3-6-12-22)29(37)21-36-26-16-10-9-15-25(26)33-34-36/h3,5-6,9-12,15-19,24,30H,4,7-8,13-14,20-21H2,1-2H3,(H,32,38)/t30-/m0/s1. The van der Waals surface area contributed by atoms with E-state index in [1.165, 1.54) is 6.42 Å². The summed E-state index contributed by atoms with van der Waals surface area (Å²) in [4.78, 5) is 29.9. The molecule has 0 aliphatic heterocycles. The Hall–Kier alpha value is -4.40. The molecular formula is C31H35N5O4. The van der Waals surface area contributed by atoms with E-state index in [2.05, 4.69) is 15.6 Å². The second-order valence-corrected chi connectivity index (χ2v) is 10.1. The van der Waals surface area contributed by atoms with Crippen LogP contribution in [0.15, 0.2) is 72.8 Å². The Balaban J connectivity index is 1.55. The molecule has 0 bridgehead atoms. The normalized spacial score (nSPS) is 14.4. The fraction of sp³-hybridized carbons (Fsp3) is 0.355. The summed E-state index contributed by atoms with van der Waals surface area (Å²) in [5.74, 6) is 0.572. The van der Waals surface area contributed by atoms with Gasteiger partial charge < -0.3 is 19.7 Å². The second kappa shape index (κ2) is 12.6. The van der Waals surface area contributed by atoms with E-state index in [0.717, 1.165) is 36.8 Å². The highest BCUT2D eigenvalue weighted by molar-refractivity contribution is 5.89. The first-order chi connectivity index (χ1) is 19.6. The second-order valence-electron chi connectivity index (χ2n) is 10.1. The van der Waals surface area contributed by atoms with Crippen LogP contribution in [0.3, 0.4) is 0 Å². The molecule has 4 aromatic rings. The van der Waals surface area contributed by atoms with E-state index in [4.69, 9.17) is 9.47 Å². The van der Waals surface area contributed by atoms with Crippen molar-refractivity contribution in [1.82, 2.24) is 25.2 Å². The molecule has 208 valence electrons. The average Bonchev–Trinajstić information content (AvgIpc) is 3.40. The zero-order valence-electron chi connectivity index (χ0n) is 23.0. The summed E-state index contributed by atoms with van der Waals surface area (Å²) in [6.45, 7) is 0.178. The number of methoxy groups -OCH3 is 2. The van der Waals surface area contributed by atoms with Crippen LogP contribution in [-0.4, -0.2) is 52.0 Å². The van der Waals surface area contributed by atoms with E-state index in [1.54, 1.807) is 35.9 Å². The number of carbonyl (C=O) groups excluding carboxylic acids is 2. The molecule has 1 saturated carbocycles. The Morgan fingerprint density at radius 3 is 2.42 bits per heavy atom. The molecule has 1 aliphatic carbocycles. The van der Waals surface area contributed by atoms with Gasteiger partial charge in [-0.15, -0.1) is 5.10 Å². The van der Waals surface area contributed by atoms with Crippen LogP contribution in [0, 0.1) is 0 Å². The molecule has 1 aliphatic rings. The smallest absolute Gasteiger partial charge is 0.247 e. The fourth-order valence-electron chi connectivity index (χ4n) is 5.38. The number of para-hydroxylation sites is 1. The van der Waals surface area contributed by atoms with Gasteiger partial charge in [0, 0.05) is 12.6 Å². The minimum atomic E-state index is -0.899. The number of fused-ring (bicyclic) bond motifs is 1. The van der Waals surface area contributed by atoms with Gasteiger partial charge >= 0.3 is 0 Å². The molecule has 1 atom stereocenters. The third-order valence-electron chi connectivity index (χ3n) is 7.46. The minimum Gasteiger partial charge on any atom is -0.493 e. The molecule has 1 aromatic heterocycles. The Labute approximate surface area is 234 Å². The van der Waals surface area contributed by atoms with Crippen LogP contribution >= 0.6 is 0 Å². The zero-order valence-corrected chi connectivity index (χ0v) is 23.0. The Bertz CT molecular complexity index is 1450. The molecule has 1 heterocycles. The van der Waals surface area contributed by atoms with Gasteiger partial charge in [-0.25, -0.2) is 4.68 Å². The van der Waals surface area contributed by atoms with Crippen molar-refractivity contribution in [2.45, 2.75) is 57.3 Å². The Kier molecular flexibility index (Phi) is 8.59. The van der Waals surface area contributed by atoms with Gasteiger partial charge in [0.25, 0.3) is 0 Å². The van der Waals surface area contributed by atoms with Crippen molar-refractivity contribution in [2.24, 2.45) is 0 Å². The maximum absolute atomic E-state index is 14.1. The number of nitrogens with zero attached hydrogens (tertiary/aromatic N) is 4. The van der Waals surface area contributed by atoms with Crippen molar-refractivity contribution in [3.05, 3.63) is 83.9 Å². The molecule has 0 unspecified atom stereocenters. The minimum absolute atomic E-state index is 0.0617. The lowest BCUT2D eigenvalue weighted by molar-refractivity contribution is -0.142. The van der Waals surface area contributed by atoms with Gasteiger partial charge in [-0.3, -0.25) is 9.59 Å². The molecule has 1 fully saturated rings. The van der Waals surface area contributed by atoms with Crippen LogP contribution in [0.25, 0.3) is 11.0 Å². The maximum Gasteiger partial charge on any atom is 0.247 e. The van der Waals surface area contributed by atoms with Crippen molar-refractivity contribution in [2.75, 3.05) is 14.2 Å². The summed E-state index contributed by atoms with van der Waals surface area (Å²) in [7, 11) is 3.12. The predicted octanol–water partition coefficient (Wildman–Crippen LogP) is 4.67. The summed E-state index contributed by atoms with van der Waals surface area (Å²) < 4.78 is 12.6. The SMILES string of the molecule is COc1ccc([C@@H](C(=O)NC2CCCCC2)N(Cc2ccccc2)C(=O)Cn2nnc3ccccc32)cc1OC. The highest BCUT2D eigenvalue weighted by Gasteiger charge is 2.34. The Morgan fingerprint density at radius 1 is 0.950 bits per heavy atom. The molecule has 1 N–H and O–H groups in total. The van der Waals surface area contributed by atoms with Crippen LogP contribution in [0.4, 0.5) is 0 Å². The summed E-state index contributed by atoms with van der Waals surface area (Å²) >= 11 is 0. The molecule has 3 aromatic carbocycles. The molecule has 2 amide bonds. The number of rotatable bonds is 10. The fourth-order valence-corrected chi connectivity index (χ4v) is 5.38. The first kappa shape index (κ1) is 27.2. The van der Waals surface area contributed by atoms with Crippen molar-refractivity contribution in [1.29, 1.82) is 0 Å². The van der Waals surface area contributed by atoms with Gasteiger partial charge in [-0.2, -0.15) is 0 Å². The van der Waals surface area contributed by atoms with Gasteiger partial charge in [0.05, 0.1) is 19.7 Å². The summed E-state index contributed by atoms with van der Waals surface area (Å²) in [6, 6.07) is 21.7. The summed E-state index contributed by atoms with van der Waals surface area (Å²) in [5.41, 5.74) is 3.01. The van der Waals surface area contributed by atoms with E-state index in [-0.39, 0.29) is 30.9 Å². The van der Waals surface area contributed by atoms with E-state index >= 15 is 0 Å². The van der Waals surface area contributed by atoms with Crippen LogP contribution in [0.2, 0.25) is 0 Å². The number of hydrogen-bond donors (Lipinski definition) is 1. The molecule has 0 spiro atoms. The number of hydrogen-bond acceptors (Lipinski definition) is 6. The van der Waals surface area contributed by atoms with E-state index in [0.29, 0.717) is 22.6 Å². The number of benzene rings is 3. The summed E-state index contributed by atoms with van der Waals surface area (Å²) in [5, 5.41) is 11.7. The maximum atomic E-state index is 14.1. The van der Waals surface area contributed by atoms with Crippen LogP contribution in [-0.2, 0) is 22.7 Å². The molecule has 0 radical (unpaired) electrons. The zero-order chi connectivity index (χ0) is 27.9. The van der Waals surface area contributed by atoms with Gasteiger partial charge in [-0.1, -0.05) is 73.0 Å². The first-order valence-electron chi connectivity index (χ1n) is 13.7. The lowest BCUT2D eigenvalue weighted by atomic mass is 9.94. The molecule has 40 heavy (non-hydrogen) atoms. The van der Waals surface area contributed by atoms with Gasteiger partial charge in [0.1, 0.15) is 18.1 Å². The van der Waals surface area contributed by atoms with E-state index < -0.39 is 6.04 Å². The van der Waals surface area contributed by atoms with Crippen LogP contribution in [0.1, 0.15) is 49.3 Å². The molecular weight excluding hydrogens is 506 g/mol. The van der Waals surface area contributed by atoms with Crippen molar-refractivity contribution in [3.8, 4) is 11.5 Å². The van der Waals surface area contributed by atoms with Crippen LogP contribution in [0.5, 0.6) is 11.5 Å². The van der Waals surface area contributed by atoms with E-state index in [1.807, 2.05) is 60.7 Å². The number of aromatic nitrogens is 3. The average molecular weight is 542 g/mol. The quantitative estimate of drug-likeness (QED) is 0.313. The number of ether oxygens (including phenoxy) is 2. The number of amides is 2. The lowest BCUT2D eigenvalue weighted by Gasteiger charge is -2.34. The van der Waals surface area contributed by atoms with Crippen molar-refractivity contribution < 1.29 is 19.1 Å². The monoisotopic (exact) mass is 541 g/mol. The van der Waals surface area contributed by atoms with Crippen molar-refractivity contribution in [3.63, 3.8) is 0 Å². The molecule has 9 heteroatoms. The van der Waals surface area contributed by atoms with Gasteiger partial charge in [-0.05, 0) is 48.2 Å². The van der Waals surface area contributed by atoms with Gasteiger partial charge in [0.2, 0.25) is 11.8 Å². The van der Waals surface area contributed by atoms with Crippen molar-refractivity contribution >= 4 is 22.8 Å².